The van der Waals surface area contributed by atoms with Crippen molar-refractivity contribution in [2.24, 2.45) is 0 Å². The zero-order valence-electron chi connectivity index (χ0n) is 14.9. The first kappa shape index (κ1) is 24.6. The van der Waals surface area contributed by atoms with E-state index in [9.17, 15) is 19.2 Å². The fourth-order valence-corrected chi connectivity index (χ4v) is 1.79. The summed E-state index contributed by atoms with van der Waals surface area (Å²) in [5.41, 5.74) is -3.45. The van der Waals surface area contributed by atoms with Crippen molar-refractivity contribution in [3.05, 3.63) is 0 Å². The number of aldehydes is 1. The van der Waals surface area contributed by atoms with Gasteiger partial charge in [0.05, 0.1) is 14.2 Å². The first-order chi connectivity index (χ1) is 11.0. The Bertz CT molecular complexity index is 414. The summed E-state index contributed by atoms with van der Waals surface area (Å²) in [4.78, 5) is 45.7. The number of methoxy groups -OCH3 is 2. The largest absolute Gasteiger partial charge is 0.466 e. The standard InChI is InChI=1S/C11H17NO7.C4H9Br/c1-10(2,3)19-9(16)12-11(6-13,7(14)17-4)8(15)18-5;1-2-3-4-5/h6H,1-5H3,(H,12,16);2-4H2,1H3. The third kappa shape index (κ3) is 8.85. The average Bonchev–Trinajstić information content (AvgIpc) is 2.50. The van der Waals surface area contributed by atoms with Crippen LogP contribution in [0, 0.1) is 0 Å². The van der Waals surface area contributed by atoms with E-state index in [2.05, 4.69) is 32.3 Å². The van der Waals surface area contributed by atoms with E-state index in [0.29, 0.717) is 0 Å². The molecule has 0 aliphatic heterocycles. The molecule has 0 heterocycles. The molecule has 0 fully saturated rings. The Morgan fingerprint density at radius 2 is 1.54 bits per heavy atom. The van der Waals surface area contributed by atoms with Crippen molar-refractivity contribution in [3.8, 4) is 0 Å². The molecule has 0 aromatic rings. The van der Waals surface area contributed by atoms with Gasteiger partial charge in [-0.15, -0.1) is 0 Å². The van der Waals surface area contributed by atoms with E-state index >= 15 is 0 Å². The van der Waals surface area contributed by atoms with Gasteiger partial charge in [-0.3, -0.25) is 10.1 Å². The monoisotopic (exact) mass is 411 g/mol. The highest BCUT2D eigenvalue weighted by Crippen LogP contribution is 2.11. The Kier molecular flexibility index (Phi) is 12.1. The summed E-state index contributed by atoms with van der Waals surface area (Å²) in [6.45, 7) is 6.91. The van der Waals surface area contributed by atoms with Gasteiger partial charge in [-0.1, -0.05) is 29.3 Å². The fourth-order valence-electron chi connectivity index (χ4n) is 1.23. The second-order valence-corrected chi connectivity index (χ2v) is 6.37. The van der Waals surface area contributed by atoms with Gasteiger partial charge in [-0.2, -0.15) is 0 Å². The summed E-state index contributed by atoms with van der Waals surface area (Å²) >= 11 is 3.31. The van der Waals surface area contributed by atoms with Crippen LogP contribution in [0.1, 0.15) is 40.5 Å². The van der Waals surface area contributed by atoms with Crippen LogP contribution < -0.4 is 5.32 Å². The predicted octanol–water partition coefficient (Wildman–Crippen LogP) is 1.98. The summed E-state index contributed by atoms with van der Waals surface area (Å²) in [7, 11) is 1.92. The lowest BCUT2D eigenvalue weighted by Gasteiger charge is -2.26. The van der Waals surface area contributed by atoms with Crippen molar-refractivity contribution in [3.63, 3.8) is 0 Å². The smallest absolute Gasteiger partial charge is 0.409 e. The summed E-state index contributed by atoms with van der Waals surface area (Å²) < 4.78 is 13.5. The van der Waals surface area contributed by atoms with Crippen molar-refractivity contribution in [2.45, 2.75) is 51.7 Å². The second-order valence-electron chi connectivity index (χ2n) is 5.58. The molecule has 0 saturated carbocycles. The van der Waals surface area contributed by atoms with Crippen LogP contribution in [0.5, 0.6) is 0 Å². The highest BCUT2D eigenvalue weighted by Gasteiger charge is 2.51. The van der Waals surface area contributed by atoms with Gasteiger partial charge in [0.15, 0.2) is 6.29 Å². The number of carbonyl (C=O) groups is 4. The first-order valence-electron chi connectivity index (χ1n) is 7.24. The molecule has 0 aliphatic carbocycles. The zero-order valence-corrected chi connectivity index (χ0v) is 16.5. The van der Waals surface area contributed by atoms with Crippen molar-refractivity contribution in [1.29, 1.82) is 0 Å². The number of ether oxygens (including phenoxy) is 3. The lowest BCUT2D eigenvalue weighted by molar-refractivity contribution is -0.163. The number of rotatable bonds is 6. The van der Waals surface area contributed by atoms with Crippen molar-refractivity contribution in [1.82, 2.24) is 5.32 Å². The number of alkyl halides is 1. The van der Waals surface area contributed by atoms with Gasteiger partial charge in [0.25, 0.3) is 5.54 Å². The van der Waals surface area contributed by atoms with Crippen LogP contribution in [0.3, 0.4) is 0 Å². The highest BCUT2D eigenvalue weighted by atomic mass is 79.9. The summed E-state index contributed by atoms with van der Waals surface area (Å²) in [5.74, 6) is -2.56. The maximum absolute atomic E-state index is 11.6. The molecule has 0 saturated heterocycles. The van der Waals surface area contributed by atoms with Crippen molar-refractivity contribution in [2.75, 3.05) is 19.5 Å². The van der Waals surface area contributed by atoms with Crippen LogP contribution in [0.15, 0.2) is 0 Å². The van der Waals surface area contributed by atoms with Gasteiger partial charge in [0.1, 0.15) is 5.60 Å². The lowest BCUT2D eigenvalue weighted by Crippen LogP contribution is -2.63. The summed E-state index contributed by atoms with van der Waals surface area (Å²) in [6, 6.07) is 0. The number of hydrogen-bond donors (Lipinski definition) is 1. The van der Waals surface area contributed by atoms with Crippen LogP contribution in [0.2, 0.25) is 0 Å². The van der Waals surface area contributed by atoms with E-state index in [1.54, 1.807) is 20.8 Å². The van der Waals surface area contributed by atoms with Crippen LogP contribution in [0.25, 0.3) is 0 Å². The molecule has 0 aromatic heterocycles. The Morgan fingerprint density at radius 1 is 1.08 bits per heavy atom. The molecule has 9 heteroatoms. The second kappa shape index (κ2) is 11.8. The number of halogens is 1. The van der Waals surface area contributed by atoms with Crippen LogP contribution in [-0.4, -0.2) is 55.0 Å². The summed E-state index contributed by atoms with van der Waals surface area (Å²) in [5, 5.41) is 3.02. The van der Waals surface area contributed by atoms with E-state index in [1.807, 2.05) is 5.32 Å². The molecular formula is C15H26BrNO7. The number of carbonyl (C=O) groups excluding carboxylic acids is 4. The van der Waals surface area contributed by atoms with Crippen molar-refractivity contribution < 1.29 is 33.4 Å². The number of nitrogens with one attached hydrogen (secondary N) is 1. The molecule has 1 amide bonds. The average molecular weight is 412 g/mol. The normalized spacial score (nSPS) is 10.6. The molecule has 0 aliphatic rings. The minimum atomic E-state index is -2.58. The number of unbranched alkanes of at least 4 members (excludes halogenated alkanes) is 1. The van der Waals surface area contributed by atoms with E-state index in [-0.39, 0.29) is 6.29 Å². The molecule has 1 N–H and O–H groups in total. The predicted molar refractivity (Wildman–Crippen MR) is 90.9 cm³/mol. The maximum Gasteiger partial charge on any atom is 0.409 e. The van der Waals surface area contributed by atoms with Gasteiger partial charge in [0, 0.05) is 5.33 Å². The molecule has 0 bridgehead atoms. The van der Waals surface area contributed by atoms with E-state index < -0.39 is 29.2 Å². The van der Waals surface area contributed by atoms with Crippen LogP contribution >= 0.6 is 15.9 Å². The Labute approximate surface area is 150 Å². The summed E-state index contributed by atoms with van der Waals surface area (Å²) in [6.07, 6.45) is 1.40. The Balaban J connectivity index is 0. The molecule has 0 rings (SSSR count). The topological polar surface area (TPSA) is 108 Å². The number of hydrogen-bond acceptors (Lipinski definition) is 7. The number of amides is 1. The Hall–Kier alpha value is -1.64. The van der Waals surface area contributed by atoms with Gasteiger partial charge < -0.3 is 14.2 Å². The minimum absolute atomic E-state index is 0.0748. The lowest BCUT2D eigenvalue weighted by atomic mass is 10.0. The molecule has 140 valence electrons. The third-order valence-corrected chi connectivity index (χ3v) is 2.94. The van der Waals surface area contributed by atoms with Gasteiger partial charge >= 0.3 is 18.0 Å². The molecule has 8 nitrogen and oxygen atoms in total. The van der Waals surface area contributed by atoms with Gasteiger partial charge in [-0.25, -0.2) is 14.4 Å². The molecule has 0 unspecified atom stereocenters. The minimum Gasteiger partial charge on any atom is -0.466 e. The van der Waals surface area contributed by atoms with E-state index in [1.165, 1.54) is 12.8 Å². The zero-order chi connectivity index (χ0) is 19.4. The van der Waals surface area contributed by atoms with Crippen LogP contribution in [-0.2, 0) is 28.6 Å². The SMILES string of the molecule is CCCCBr.COC(=O)C(C=O)(NC(=O)OC(C)(C)C)C(=O)OC. The molecule has 0 spiro atoms. The molecule has 0 aromatic carbocycles. The fraction of sp³-hybridized carbons (Fsp3) is 0.733. The Morgan fingerprint density at radius 3 is 1.75 bits per heavy atom. The van der Waals surface area contributed by atoms with Gasteiger partial charge in [0.2, 0.25) is 0 Å². The first-order valence-corrected chi connectivity index (χ1v) is 8.37. The van der Waals surface area contributed by atoms with Crippen molar-refractivity contribution >= 4 is 40.2 Å². The third-order valence-electron chi connectivity index (χ3n) is 2.38. The maximum atomic E-state index is 11.6. The van der Waals surface area contributed by atoms with E-state index in [0.717, 1.165) is 19.5 Å². The molecule has 0 atom stereocenters. The van der Waals surface area contributed by atoms with E-state index in [4.69, 9.17) is 4.74 Å². The molecule has 0 radical (unpaired) electrons. The molecule has 24 heavy (non-hydrogen) atoms. The quantitative estimate of drug-likeness (QED) is 0.234. The highest BCUT2D eigenvalue weighted by molar-refractivity contribution is 9.09. The number of alkyl carbamates (subject to hydrolysis) is 1. The van der Waals surface area contributed by atoms with Crippen LogP contribution in [0.4, 0.5) is 4.79 Å². The van der Waals surface area contributed by atoms with Gasteiger partial charge in [-0.05, 0) is 27.2 Å². The number of esters is 2. The molecular weight excluding hydrogens is 386 g/mol.